The van der Waals surface area contributed by atoms with Crippen LogP contribution in [0.15, 0.2) is 42.5 Å². The second kappa shape index (κ2) is 8.36. The van der Waals surface area contributed by atoms with Gasteiger partial charge in [0.05, 0.1) is 5.52 Å². The first-order valence-corrected chi connectivity index (χ1v) is 7.80. The van der Waals surface area contributed by atoms with Crippen LogP contribution in [-0.2, 0) is 6.54 Å². The lowest BCUT2D eigenvalue weighted by Gasteiger charge is -2.09. The molecule has 0 atom stereocenters. The normalized spacial score (nSPS) is 10.5. The fourth-order valence-corrected chi connectivity index (χ4v) is 2.67. The summed E-state index contributed by atoms with van der Waals surface area (Å²) < 4.78 is 6.37. The fourth-order valence-electron chi connectivity index (χ4n) is 2.25. The van der Waals surface area contributed by atoms with Crippen LogP contribution in [0.1, 0.15) is 5.56 Å². The fraction of sp³-hybridized carbons (Fsp3) is 0.188. The van der Waals surface area contributed by atoms with E-state index in [0.29, 0.717) is 22.2 Å². The van der Waals surface area contributed by atoms with Crippen molar-refractivity contribution in [3.63, 3.8) is 0 Å². The Bertz CT molecular complexity index is 817. The third-order valence-electron chi connectivity index (χ3n) is 3.26. The average molecular weight is 370 g/mol. The van der Waals surface area contributed by atoms with E-state index in [0.717, 1.165) is 24.1 Å². The summed E-state index contributed by atoms with van der Waals surface area (Å²) in [6.45, 7) is 2.11. The monoisotopic (exact) mass is 369 g/mol. The Morgan fingerprint density at radius 2 is 1.91 bits per heavy atom. The molecule has 23 heavy (non-hydrogen) atoms. The first kappa shape index (κ1) is 17.8. The van der Waals surface area contributed by atoms with E-state index in [1.807, 2.05) is 24.3 Å². The Hall–Kier alpha value is -1.53. The lowest BCUT2D eigenvalue weighted by molar-refractivity contribution is 0.316. The molecular formula is C16H17Cl2N3OS. The smallest absolute Gasteiger partial charge is 0.175 e. The summed E-state index contributed by atoms with van der Waals surface area (Å²) in [5.41, 5.74) is 2.95. The quantitative estimate of drug-likeness (QED) is 0.443. The predicted molar refractivity (Wildman–Crippen MR) is 99.4 cm³/mol. The van der Waals surface area contributed by atoms with Crippen molar-refractivity contribution in [2.24, 2.45) is 0 Å². The number of nitrogens with one attached hydrogen (secondary N) is 3. The molecule has 0 radical (unpaired) electrons. The third-order valence-corrected chi connectivity index (χ3v) is 3.68. The topological polar surface area (TPSA) is 52.8 Å². The Labute approximate surface area is 150 Å². The number of imidazole rings is 1. The highest BCUT2D eigenvalue weighted by atomic mass is 35.5. The minimum absolute atomic E-state index is 0. The van der Waals surface area contributed by atoms with Crippen LogP contribution < -0.4 is 10.1 Å². The zero-order chi connectivity index (χ0) is 15.4. The largest absolute Gasteiger partial charge is 0.490 e. The van der Waals surface area contributed by atoms with Crippen LogP contribution in [0.4, 0.5) is 0 Å². The molecule has 3 N–H and O–H groups in total. The van der Waals surface area contributed by atoms with E-state index in [1.165, 1.54) is 5.56 Å². The standard InChI is InChI=1S/C16H16ClN3OS.ClH/c17-12-8-13-15(20-16(22)19-13)14(9-12)21-7-6-18-10-11-4-2-1-3-5-11;/h1-5,8-9,18H,6-7,10H2,(H2,19,20,22);1H. The minimum atomic E-state index is 0. The molecule has 0 saturated heterocycles. The van der Waals surface area contributed by atoms with Crippen molar-refractivity contribution in [2.45, 2.75) is 6.54 Å². The van der Waals surface area contributed by atoms with Crippen molar-refractivity contribution in [1.82, 2.24) is 15.3 Å². The predicted octanol–water partition coefficient (Wildman–Crippen LogP) is 4.47. The maximum atomic E-state index is 6.09. The molecule has 0 bridgehead atoms. The van der Waals surface area contributed by atoms with Gasteiger partial charge in [0.15, 0.2) is 4.77 Å². The summed E-state index contributed by atoms with van der Waals surface area (Å²) in [5, 5.41) is 3.96. The van der Waals surface area contributed by atoms with Gasteiger partial charge in [0.2, 0.25) is 0 Å². The Morgan fingerprint density at radius 1 is 1.13 bits per heavy atom. The third kappa shape index (κ3) is 4.72. The first-order chi connectivity index (χ1) is 10.7. The van der Waals surface area contributed by atoms with Crippen molar-refractivity contribution in [3.8, 4) is 5.75 Å². The number of rotatable bonds is 6. The number of fused-ring (bicyclic) bond motifs is 1. The minimum Gasteiger partial charge on any atom is -0.490 e. The number of aromatic amines is 2. The summed E-state index contributed by atoms with van der Waals surface area (Å²) in [4.78, 5) is 6.12. The molecule has 0 spiro atoms. The number of halogens is 2. The van der Waals surface area contributed by atoms with Gasteiger partial charge in [0, 0.05) is 24.2 Å². The molecule has 2 aromatic carbocycles. The van der Waals surface area contributed by atoms with Gasteiger partial charge in [-0.25, -0.2) is 0 Å². The zero-order valence-electron chi connectivity index (χ0n) is 12.3. The second-order valence-corrected chi connectivity index (χ2v) is 5.76. The molecule has 0 aliphatic heterocycles. The average Bonchev–Trinajstić information content (AvgIpc) is 2.88. The summed E-state index contributed by atoms with van der Waals surface area (Å²) in [6, 6.07) is 13.9. The molecule has 3 aromatic rings. The SMILES string of the molecule is Cl.S=c1[nH]c2cc(Cl)cc(OCCNCc3ccccc3)c2[nH]1. The van der Waals surface area contributed by atoms with Gasteiger partial charge >= 0.3 is 0 Å². The van der Waals surface area contributed by atoms with Gasteiger partial charge in [-0.1, -0.05) is 41.9 Å². The van der Waals surface area contributed by atoms with E-state index in [9.17, 15) is 0 Å². The van der Waals surface area contributed by atoms with E-state index < -0.39 is 0 Å². The van der Waals surface area contributed by atoms with E-state index >= 15 is 0 Å². The highest BCUT2D eigenvalue weighted by Crippen LogP contribution is 2.27. The molecule has 0 amide bonds. The molecule has 3 rings (SSSR count). The van der Waals surface area contributed by atoms with Gasteiger partial charge in [0.25, 0.3) is 0 Å². The van der Waals surface area contributed by atoms with Crippen molar-refractivity contribution >= 4 is 47.3 Å². The van der Waals surface area contributed by atoms with E-state index in [-0.39, 0.29) is 12.4 Å². The number of ether oxygens (including phenoxy) is 1. The first-order valence-electron chi connectivity index (χ1n) is 7.01. The van der Waals surface area contributed by atoms with Crippen molar-refractivity contribution < 1.29 is 4.74 Å². The Morgan fingerprint density at radius 3 is 2.70 bits per heavy atom. The van der Waals surface area contributed by atoms with Crippen LogP contribution >= 0.6 is 36.2 Å². The lowest BCUT2D eigenvalue weighted by Crippen LogP contribution is -2.20. The number of benzene rings is 2. The molecule has 4 nitrogen and oxygen atoms in total. The highest BCUT2D eigenvalue weighted by Gasteiger charge is 2.06. The van der Waals surface area contributed by atoms with Crippen LogP contribution in [0.2, 0.25) is 5.02 Å². The van der Waals surface area contributed by atoms with E-state index in [2.05, 4.69) is 27.4 Å². The second-order valence-electron chi connectivity index (χ2n) is 4.92. The van der Waals surface area contributed by atoms with Crippen molar-refractivity contribution in [2.75, 3.05) is 13.2 Å². The summed E-state index contributed by atoms with van der Waals surface area (Å²) in [7, 11) is 0. The molecular weight excluding hydrogens is 353 g/mol. The molecule has 1 heterocycles. The summed E-state index contributed by atoms with van der Waals surface area (Å²) in [6.07, 6.45) is 0. The zero-order valence-corrected chi connectivity index (χ0v) is 14.7. The maximum absolute atomic E-state index is 6.09. The number of aromatic nitrogens is 2. The number of hydrogen-bond donors (Lipinski definition) is 3. The maximum Gasteiger partial charge on any atom is 0.175 e. The van der Waals surface area contributed by atoms with E-state index in [1.54, 1.807) is 6.07 Å². The van der Waals surface area contributed by atoms with Gasteiger partial charge in [-0.2, -0.15) is 0 Å². The number of hydrogen-bond acceptors (Lipinski definition) is 3. The van der Waals surface area contributed by atoms with Gasteiger partial charge in [0.1, 0.15) is 17.9 Å². The van der Waals surface area contributed by atoms with Gasteiger partial charge < -0.3 is 20.0 Å². The highest BCUT2D eigenvalue weighted by molar-refractivity contribution is 7.71. The molecule has 0 fully saturated rings. The van der Waals surface area contributed by atoms with Crippen molar-refractivity contribution in [1.29, 1.82) is 0 Å². The molecule has 0 aliphatic carbocycles. The Kier molecular flexibility index (Phi) is 6.47. The van der Waals surface area contributed by atoms with Crippen LogP contribution in [0, 0.1) is 4.77 Å². The van der Waals surface area contributed by atoms with Gasteiger partial charge in [-0.3, -0.25) is 0 Å². The van der Waals surface area contributed by atoms with Crippen molar-refractivity contribution in [3.05, 3.63) is 57.8 Å². The van der Waals surface area contributed by atoms with Crippen LogP contribution in [0.25, 0.3) is 11.0 Å². The van der Waals surface area contributed by atoms with Crippen LogP contribution in [-0.4, -0.2) is 23.1 Å². The molecule has 7 heteroatoms. The molecule has 1 aromatic heterocycles. The molecule has 122 valence electrons. The lowest BCUT2D eigenvalue weighted by atomic mass is 10.2. The molecule has 0 saturated carbocycles. The Balaban J connectivity index is 0.00000192. The molecule has 0 unspecified atom stereocenters. The van der Waals surface area contributed by atoms with Crippen LogP contribution in [0.5, 0.6) is 5.75 Å². The number of H-pyrrole nitrogens is 2. The van der Waals surface area contributed by atoms with Crippen LogP contribution in [0.3, 0.4) is 0 Å². The van der Waals surface area contributed by atoms with Gasteiger partial charge in [-0.05, 0) is 23.8 Å². The molecule has 0 aliphatic rings. The summed E-state index contributed by atoms with van der Waals surface area (Å²) in [5.74, 6) is 0.705. The van der Waals surface area contributed by atoms with Gasteiger partial charge in [-0.15, -0.1) is 12.4 Å². The van der Waals surface area contributed by atoms with E-state index in [4.69, 9.17) is 28.6 Å². The summed E-state index contributed by atoms with van der Waals surface area (Å²) >= 11 is 11.2.